The van der Waals surface area contributed by atoms with Crippen molar-refractivity contribution in [2.45, 2.75) is 12.3 Å². The first-order valence-corrected chi connectivity index (χ1v) is 9.18. The quantitative estimate of drug-likeness (QED) is 0.643. The smallest absolute Gasteiger partial charge is 0.237 e. The molecule has 1 amide bonds. The van der Waals surface area contributed by atoms with Crippen LogP contribution in [0.25, 0.3) is 0 Å². The highest BCUT2D eigenvalue weighted by Gasteiger charge is 2.35. The van der Waals surface area contributed by atoms with E-state index in [-0.39, 0.29) is 18.2 Å². The maximum atomic E-state index is 12.1. The molecule has 8 heteroatoms. The zero-order valence-electron chi connectivity index (χ0n) is 11.4. The van der Waals surface area contributed by atoms with Crippen LogP contribution in [-0.2, 0) is 19.4 Å². The minimum atomic E-state index is -3.22. The standard InChI is InChI=1S/C11H22N2O4S2/c1-3-19(15,16)11-9-18-7-5-13(11)10(14)8-12-4-6-17-2/h11-12H,3-9H2,1-2H3. The number of carbonyl (C=O) groups is 1. The summed E-state index contributed by atoms with van der Waals surface area (Å²) in [5.41, 5.74) is 0. The van der Waals surface area contributed by atoms with Crippen molar-refractivity contribution in [3.8, 4) is 0 Å². The molecule has 1 aliphatic rings. The molecule has 0 radical (unpaired) electrons. The molecule has 0 aliphatic carbocycles. The van der Waals surface area contributed by atoms with E-state index in [1.54, 1.807) is 25.8 Å². The van der Waals surface area contributed by atoms with E-state index >= 15 is 0 Å². The predicted molar refractivity (Wildman–Crippen MR) is 77.0 cm³/mol. The molecule has 0 saturated carbocycles. The van der Waals surface area contributed by atoms with Crippen molar-refractivity contribution in [2.24, 2.45) is 0 Å². The van der Waals surface area contributed by atoms with Crippen LogP contribution in [0.5, 0.6) is 0 Å². The molecule has 1 unspecified atom stereocenters. The molecule has 0 bridgehead atoms. The fourth-order valence-electron chi connectivity index (χ4n) is 1.83. The summed E-state index contributed by atoms with van der Waals surface area (Å²) in [5.74, 6) is 1.18. The van der Waals surface area contributed by atoms with Gasteiger partial charge in [-0.05, 0) is 0 Å². The molecule has 0 spiro atoms. The van der Waals surface area contributed by atoms with Gasteiger partial charge >= 0.3 is 0 Å². The number of nitrogens with one attached hydrogen (secondary N) is 1. The topological polar surface area (TPSA) is 75.7 Å². The van der Waals surface area contributed by atoms with Crippen LogP contribution in [0.4, 0.5) is 0 Å². The lowest BCUT2D eigenvalue weighted by Gasteiger charge is -2.34. The Labute approximate surface area is 119 Å². The van der Waals surface area contributed by atoms with Gasteiger partial charge < -0.3 is 15.0 Å². The molecule has 1 heterocycles. The molecule has 0 aromatic heterocycles. The van der Waals surface area contributed by atoms with E-state index in [9.17, 15) is 13.2 Å². The predicted octanol–water partition coefficient (Wildman–Crippen LogP) is -0.441. The Bertz CT molecular complexity index is 386. The van der Waals surface area contributed by atoms with Gasteiger partial charge in [-0.1, -0.05) is 6.92 Å². The summed E-state index contributed by atoms with van der Waals surface area (Å²) >= 11 is 1.58. The van der Waals surface area contributed by atoms with Crippen molar-refractivity contribution in [3.05, 3.63) is 0 Å². The Hall–Kier alpha value is -0.310. The van der Waals surface area contributed by atoms with Crippen LogP contribution < -0.4 is 5.32 Å². The average molecular weight is 310 g/mol. The summed E-state index contributed by atoms with van der Waals surface area (Å²) in [6.45, 7) is 3.38. The number of methoxy groups -OCH3 is 1. The van der Waals surface area contributed by atoms with E-state index < -0.39 is 15.2 Å². The number of sulfone groups is 1. The minimum Gasteiger partial charge on any atom is -0.383 e. The number of ether oxygens (including phenoxy) is 1. The first-order valence-electron chi connectivity index (χ1n) is 6.31. The number of hydrogen-bond donors (Lipinski definition) is 1. The first kappa shape index (κ1) is 16.7. The summed E-state index contributed by atoms with van der Waals surface area (Å²) in [7, 11) is -1.63. The van der Waals surface area contributed by atoms with Crippen LogP contribution in [0.15, 0.2) is 0 Å². The lowest BCUT2D eigenvalue weighted by molar-refractivity contribution is -0.130. The maximum absolute atomic E-state index is 12.1. The molecule has 1 rings (SSSR count). The van der Waals surface area contributed by atoms with Crippen molar-refractivity contribution in [1.82, 2.24) is 10.2 Å². The van der Waals surface area contributed by atoms with Gasteiger partial charge in [-0.2, -0.15) is 11.8 Å². The van der Waals surface area contributed by atoms with E-state index in [1.165, 1.54) is 4.90 Å². The molecule has 0 aromatic carbocycles. The highest BCUT2D eigenvalue weighted by molar-refractivity contribution is 8.01. The summed E-state index contributed by atoms with van der Waals surface area (Å²) in [4.78, 5) is 13.6. The normalized spacial score (nSPS) is 20.5. The minimum absolute atomic E-state index is 0.0686. The Balaban J connectivity index is 2.59. The van der Waals surface area contributed by atoms with Gasteiger partial charge in [0, 0.05) is 37.5 Å². The monoisotopic (exact) mass is 310 g/mol. The summed E-state index contributed by atoms with van der Waals surface area (Å²) < 4.78 is 28.9. The van der Waals surface area contributed by atoms with Crippen LogP contribution in [0.2, 0.25) is 0 Å². The third-order valence-corrected chi connectivity index (χ3v) is 6.27. The summed E-state index contributed by atoms with van der Waals surface area (Å²) in [5, 5.41) is 2.28. The number of thioether (sulfide) groups is 1. The first-order chi connectivity index (χ1) is 9.03. The van der Waals surface area contributed by atoms with Crippen molar-refractivity contribution < 1.29 is 17.9 Å². The molecule has 0 aromatic rings. The largest absolute Gasteiger partial charge is 0.383 e. The van der Waals surface area contributed by atoms with Gasteiger partial charge in [0.05, 0.1) is 13.2 Å². The third kappa shape index (κ3) is 4.94. The van der Waals surface area contributed by atoms with Crippen LogP contribution in [0, 0.1) is 0 Å². The summed E-state index contributed by atoms with van der Waals surface area (Å²) in [6, 6.07) is 0. The fraction of sp³-hybridized carbons (Fsp3) is 0.909. The van der Waals surface area contributed by atoms with Crippen molar-refractivity contribution in [2.75, 3.05) is 50.6 Å². The van der Waals surface area contributed by atoms with Gasteiger partial charge in [0.25, 0.3) is 0 Å². The Morgan fingerprint density at radius 2 is 2.26 bits per heavy atom. The number of nitrogens with zero attached hydrogens (tertiary/aromatic N) is 1. The second-order valence-corrected chi connectivity index (χ2v) is 7.83. The molecular weight excluding hydrogens is 288 g/mol. The number of carbonyl (C=O) groups excluding carboxylic acids is 1. The molecule has 1 fully saturated rings. The van der Waals surface area contributed by atoms with Gasteiger partial charge in [0.2, 0.25) is 5.91 Å². The van der Waals surface area contributed by atoms with E-state index in [0.717, 1.165) is 5.75 Å². The van der Waals surface area contributed by atoms with Crippen LogP contribution in [0.1, 0.15) is 6.92 Å². The van der Waals surface area contributed by atoms with Gasteiger partial charge in [-0.3, -0.25) is 4.79 Å². The molecule has 6 nitrogen and oxygen atoms in total. The molecule has 112 valence electrons. The van der Waals surface area contributed by atoms with E-state index in [4.69, 9.17) is 4.74 Å². The third-order valence-electron chi connectivity index (χ3n) is 2.98. The van der Waals surface area contributed by atoms with Crippen LogP contribution in [-0.4, -0.2) is 75.2 Å². The van der Waals surface area contributed by atoms with E-state index in [1.807, 2.05) is 0 Å². The van der Waals surface area contributed by atoms with Gasteiger partial charge in [0.15, 0.2) is 9.84 Å². The Kier molecular flexibility index (Phi) is 7.12. The number of hydrogen-bond acceptors (Lipinski definition) is 6. The zero-order valence-corrected chi connectivity index (χ0v) is 13.1. The van der Waals surface area contributed by atoms with Gasteiger partial charge in [-0.15, -0.1) is 0 Å². The molecular formula is C11H22N2O4S2. The molecule has 19 heavy (non-hydrogen) atoms. The van der Waals surface area contributed by atoms with Gasteiger partial charge in [0.1, 0.15) is 5.37 Å². The van der Waals surface area contributed by atoms with E-state index in [2.05, 4.69) is 5.32 Å². The van der Waals surface area contributed by atoms with Crippen LogP contribution >= 0.6 is 11.8 Å². The second-order valence-electron chi connectivity index (χ2n) is 4.24. The lowest BCUT2D eigenvalue weighted by atomic mass is 10.4. The Morgan fingerprint density at radius 3 is 2.89 bits per heavy atom. The molecule has 1 aliphatic heterocycles. The highest BCUT2D eigenvalue weighted by Crippen LogP contribution is 2.21. The number of amides is 1. The van der Waals surface area contributed by atoms with Crippen molar-refractivity contribution in [1.29, 1.82) is 0 Å². The Morgan fingerprint density at radius 1 is 1.53 bits per heavy atom. The molecule has 1 saturated heterocycles. The highest BCUT2D eigenvalue weighted by atomic mass is 32.2. The lowest BCUT2D eigenvalue weighted by Crippen LogP contribution is -2.53. The SMILES string of the molecule is CCS(=O)(=O)C1CSCCN1C(=O)CNCCOC. The second kappa shape index (κ2) is 8.08. The van der Waals surface area contributed by atoms with Crippen molar-refractivity contribution >= 4 is 27.5 Å². The fourth-order valence-corrected chi connectivity index (χ4v) is 4.81. The zero-order chi connectivity index (χ0) is 14.3. The summed E-state index contributed by atoms with van der Waals surface area (Å²) in [6.07, 6.45) is 0. The molecule has 1 atom stereocenters. The number of rotatable bonds is 7. The van der Waals surface area contributed by atoms with Crippen molar-refractivity contribution in [3.63, 3.8) is 0 Å². The van der Waals surface area contributed by atoms with E-state index in [0.29, 0.717) is 25.4 Å². The van der Waals surface area contributed by atoms with Crippen LogP contribution in [0.3, 0.4) is 0 Å². The average Bonchev–Trinajstić information content (AvgIpc) is 2.43. The van der Waals surface area contributed by atoms with Gasteiger partial charge in [-0.25, -0.2) is 8.42 Å². The molecule has 1 N–H and O–H groups in total. The maximum Gasteiger partial charge on any atom is 0.237 e.